The van der Waals surface area contributed by atoms with Gasteiger partial charge in [-0.2, -0.15) is 0 Å². The molecule has 0 heterocycles. The molecule has 1 unspecified atom stereocenters. The van der Waals surface area contributed by atoms with Crippen LogP contribution in [0.2, 0.25) is 0 Å². The maximum Gasteiger partial charge on any atom is 0.335 e. The van der Waals surface area contributed by atoms with Crippen molar-refractivity contribution >= 4 is 17.7 Å². The fourth-order valence-electron chi connectivity index (χ4n) is 2.23. The first-order valence-electron chi connectivity index (χ1n) is 6.99. The summed E-state index contributed by atoms with van der Waals surface area (Å²) in [6, 6.07) is 2.83. The van der Waals surface area contributed by atoms with Crippen LogP contribution in [0.3, 0.4) is 0 Å². The van der Waals surface area contributed by atoms with E-state index >= 15 is 0 Å². The third kappa shape index (κ3) is 4.73. The molecule has 0 aliphatic carbocycles. The lowest BCUT2D eigenvalue weighted by Crippen LogP contribution is -2.40. The second kappa shape index (κ2) is 7.61. The van der Waals surface area contributed by atoms with Crippen molar-refractivity contribution in [1.82, 2.24) is 5.32 Å². The van der Waals surface area contributed by atoms with E-state index in [4.69, 9.17) is 5.11 Å². The summed E-state index contributed by atoms with van der Waals surface area (Å²) in [5, 5.41) is 13.9. The molecule has 5 nitrogen and oxygen atoms in total. The van der Waals surface area contributed by atoms with Crippen molar-refractivity contribution < 1.29 is 19.1 Å². The molecule has 1 aromatic rings. The molecule has 0 aliphatic heterocycles. The number of halogens is 1. The minimum atomic E-state index is -1.22. The van der Waals surface area contributed by atoms with Gasteiger partial charge in [0.05, 0.1) is 11.3 Å². The molecule has 0 bridgehead atoms. The number of carbonyl (C=O) groups excluding carboxylic acids is 1. The molecule has 1 aromatic carbocycles. The first-order valence-corrected chi connectivity index (χ1v) is 6.99. The molecule has 0 fully saturated rings. The van der Waals surface area contributed by atoms with Crippen LogP contribution in [0, 0.1) is 11.7 Å². The van der Waals surface area contributed by atoms with Gasteiger partial charge in [0, 0.05) is 6.04 Å². The second-order valence-corrected chi connectivity index (χ2v) is 4.96. The predicted octanol–water partition coefficient (Wildman–Crippen LogP) is 3.47. The molecule has 1 rings (SSSR count). The van der Waals surface area contributed by atoms with E-state index in [1.165, 1.54) is 12.1 Å². The predicted molar refractivity (Wildman–Crippen MR) is 79.0 cm³/mol. The molecule has 0 aromatic heterocycles. The van der Waals surface area contributed by atoms with Crippen LogP contribution in [0.1, 0.15) is 44.0 Å². The Morgan fingerprint density at radius 2 is 1.90 bits per heavy atom. The van der Waals surface area contributed by atoms with Crippen molar-refractivity contribution in [2.45, 2.75) is 39.7 Å². The maximum absolute atomic E-state index is 13.7. The summed E-state index contributed by atoms with van der Waals surface area (Å²) in [4.78, 5) is 22.5. The molecule has 1 atom stereocenters. The van der Waals surface area contributed by atoms with Gasteiger partial charge in [-0.15, -0.1) is 0 Å². The van der Waals surface area contributed by atoms with Gasteiger partial charge in [-0.25, -0.2) is 14.0 Å². The number of carboxylic acid groups (broad SMARTS) is 1. The number of carbonyl (C=O) groups is 2. The Balaban J connectivity index is 2.69. The highest BCUT2D eigenvalue weighted by atomic mass is 19.1. The van der Waals surface area contributed by atoms with Crippen LogP contribution < -0.4 is 10.6 Å². The van der Waals surface area contributed by atoms with Crippen LogP contribution >= 0.6 is 0 Å². The smallest absolute Gasteiger partial charge is 0.335 e. The summed E-state index contributed by atoms with van der Waals surface area (Å²) in [6.45, 7) is 6.00. The lowest BCUT2D eigenvalue weighted by atomic mass is 9.96. The summed E-state index contributed by atoms with van der Waals surface area (Å²) in [6.07, 6.45) is 1.89. The number of urea groups is 1. The quantitative estimate of drug-likeness (QED) is 0.752. The van der Waals surface area contributed by atoms with Gasteiger partial charge >= 0.3 is 12.0 Å². The monoisotopic (exact) mass is 296 g/mol. The van der Waals surface area contributed by atoms with Gasteiger partial charge in [0.2, 0.25) is 0 Å². The zero-order chi connectivity index (χ0) is 16.0. The number of carboxylic acids is 1. The molecule has 3 N–H and O–H groups in total. The van der Waals surface area contributed by atoms with E-state index in [1.807, 2.05) is 6.92 Å². The van der Waals surface area contributed by atoms with Gasteiger partial charge < -0.3 is 15.7 Å². The third-order valence-corrected chi connectivity index (χ3v) is 3.58. The Morgan fingerprint density at radius 1 is 1.29 bits per heavy atom. The fourth-order valence-corrected chi connectivity index (χ4v) is 2.23. The van der Waals surface area contributed by atoms with Crippen molar-refractivity contribution in [3.05, 3.63) is 29.6 Å². The van der Waals surface area contributed by atoms with Crippen molar-refractivity contribution in [3.63, 3.8) is 0 Å². The Kier molecular flexibility index (Phi) is 6.14. The first kappa shape index (κ1) is 16.9. The van der Waals surface area contributed by atoms with Gasteiger partial charge in [-0.3, -0.25) is 0 Å². The van der Waals surface area contributed by atoms with Crippen molar-refractivity contribution in [2.75, 3.05) is 5.32 Å². The Morgan fingerprint density at radius 3 is 2.38 bits per heavy atom. The minimum absolute atomic E-state index is 0.0265. The number of benzene rings is 1. The van der Waals surface area contributed by atoms with Crippen LogP contribution in [0.25, 0.3) is 0 Å². The third-order valence-electron chi connectivity index (χ3n) is 3.58. The standard InChI is InChI=1S/C15H21FN2O3/c1-4-10(5-2)9(3)17-15(21)18-13-7-6-11(14(19)20)8-12(13)16/h6-10H,4-5H2,1-3H3,(H,19,20)(H2,17,18,21). The minimum Gasteiger partial charge on any atom is -0.478 e. The summed E-state index contributed by atoms with van der Waals surface area (Å²) >= 11 is 0. The molecule has 0 aliphatic rings. The largest absolute Gasteiger partial charge is 0.478 e. The van der Waals surface area contributed by atoms with Crippen LogP contribution in [0.5, 0.6) is 0 Å². The zero-order valence-electron chi connectivity index (χ0n) is 12.4. The molecule has 2 amide bonds. The van der Waals surface area contributed by atoms with E-state index in [1.54, 1.807) is 0 Å². The Labute approximate surface area is 123 Å². The fraction of sp³-hybridized carbons (Fsp3) is 0.467. The lowest BCUT2D eigenvalue weighted by Gasteiger charge is -2.22. The number of rotatable bonds is 6. The topological polar surface area (TPSA) is 78.4 Å². The van der Waals surface area contributed by atoms with Gasteiger partial charge in [0.25, 0.3) is 0 Å². The SMILES string of the molecule is CCC(CC)C(C)NC(=O)Nc1ccc(C(=O)O)cc1F. The van der Waals surface area contributed by atoms with Gasteiger partial charge in [-0.1, -0.05) is 26.7 Å². The first-order chi connectivity index (χ1) is 9.88. The Hall–Kier alpha value is -2.11. The highest BCUT2D eigenvalue weighted by molar-refractivity contribution is 5.91. The molecule has 21 heavy (non-hydrogen) atoms. The van der Waals surface area contributed by atoms with Crippen LogP contribution in [-0.4, -0.2) is 23.1 Å². The Bertz CT molecular complexity index is 516. The van der Waals surface area contributed by atoms with Gasteiger partial charge in [-0.05, 0) is 31.0 Å². The molecular weight excluding hydrogens is 275 g/mol. The number of hydrogen-bond donors (Lipinski definition) is 3. The van der Waals surface area contributed by atoms with E-state index < -0.39 is 17.8 Å². The summed E-state index contributed by atoms with van der Waals surface area (Å²) in [7, 11) is 0. The highest BCUT2D eigenvalue weighted by Gasteiger charge is 2.17. The summed E-state index contributed by atoms with van der Waals surface area (Å²) in [5.74, 6) is -1.64. The van der Waals surface area contributed by atoms with E-state index in [0.29, 0.717) is 5.92 Å². The normalized spacial score (nSPS) is 12.0. The van der Waals surface area contributed by atoms with E-state index in [-0.39, 0.29) is 17.3 Å². The number of anilines is 1. The molecule has 0 spiro atoms. The molecule has 116 valence electrons. The molecule has 6 heteroatoms. The maximum atomic E-state index is 13.7. The van der Waals surface area contributed by atoms with E-state index in [2.05, 4.69) is 24.5 Å². The molecule has 0 saturated carbocycles. The van der Waals surface area contributed by atoms with Crippen LogP contribution in [0.15, 0.2) is 18.2 Å². The number of amides is 2. The van der Waals surface area contributed by atoms with Crippen molar-refractivity contribution in [3.8, 4) is 0 Å². The highest BCUT2D eigenvalue weighted by Crippen LogP contribution is 2.17. The molecular formula is C15H21FN2O3. The van der Waals surface area contributed by atoms with Gasteiger partial charge in [0.1, 0.15) is 5.82 Å². The second-order valence-electron chi connectivity index (χ2n) is 4.96. The van der Waals surface area contributed by atoms with Crippen LogP contribution in [0.4, 0.5) is 14.9 Å². The average Bonchev–Trinajstić information content (AvgIpc) is 2.42. The zero-order valence-corrected chi connectivity index (χ0v) is 12.4. The summed E-state index contributed by atoms with van der Waals surface area (Å²) < 4.78 is 13.7. The van der Waals surface area contributed by atoms with E-state index in [0.717, 1.165) is 18.9 Å². The van der Waals surface area contributed by atoms with E-state index in [9.17, 15) is 14.0 Å². The lowest BCUT2D eigenvalue weighted by molar-refractivity contribution is 0.0696. The average molecular weight is 296 g/mol. The number of hydrogen-bond acceptors (Lipinski definition) is 2. The van der Waals surface area contributed by atoms with Crippen molar-refractivity contribution in [2.24, 2.45) is 5.92 Å². The molecule has 0 radical (unpaired) electrons. The molecule has 0 saturated heterocycles. The number of aromatic carboxylic acids is 1. The summed E-state index contributed by atoms with van der Waals surface area (Å²) in [5.41, 5.74) is -0.210. The van der Waals surface area contributed by atoms with Crippen molar-refractivity contribution in [1.29, 1.82) is 0 Å². The van der Waals surface area contributed by atoms with Gasteiger partial charge in [0.15, 0.2) is 0 Å². The number of nitrogens with one attached hydrogen (secondary N) is 2. The van der Waals surface area contributed by atoms with Crippen LogP contribution in [-0.2, 0) is 0 Å².